The zero-order chi connectivity index (χ0) is 11.2. The second-order valence-electron chi connectivity index (χ2n) is 3.49. The minimum absolute atomic E-state index is 0.631. The molecule has 2 heteroatoms. The molecule has 2 rings (SSSR count). The molecule has 0 aliphatic carbocycles. The van der Waals surface area contributed by atoms with Gasteiger partial charge in [0.05, 0.1) is 6.61 Å². The van der Waals surface area contributed by atoms with E-state index in [0.717, 1.165) is 17.1 Å². The number of hydrogen-bond acceptors (Lipinski definition) is 2. The number of hydrogen-bond donors (Lipinski definition) is 0. The van der Waals surface area contributed by atoms with Gasteiger partial charge in [-0.25, -0.2) is 0 Å². The summed E-state index contributed by atoms with van der Waals surface area (Å²) in [4.78, 5) is 0. The first-order valence-corrected chi connectivity index (χ1v) is 5.19. The van der Waals surface area contributed by atoms with Gasteiger partial charge in [0, 0.05) is 7.11 Å². The summed E-state index contributed by atoms with van der Waals surface area (Å²) in [6.07, 6.45) is 0. The van der Waals surface area contributed by atoms with E-state index in [9.17, 15) is 0 Å². The molecule has 0 spiro atoms. The van der Waals surface area contributed by atoms with Crippen LogP contribution in [0.15, 0.2) is 54.6 Å². The summed E-state index contributed by atoms with van der Waals surface area (Å²) in [6, 6.07) is 17.6. The topological polar surface area (TPSA) is 18.5 Å². The molecular weight excluding hydrogens is 200 g/mol. The smallest absolute Gasteiger partial charge is 0.127 e. The monoisotopic (exact) mass is 214 g/mol. The zero-order valence-corrected chi connectivity index (χ0v) is 9.22. The van der Waals surface area contributed by atoms with Gasteiger partial charge in [0.25, 0.3) is 0 Å². The summed E-state index contributed by atoms with van der Waals surface area (Å²) in [6.45, 7) is 0.631. The van der Waals surface area contributed by atoms with Crippen molar-refractivity contribution in [3.63, 3.8) is 0 Å². The van der Waals surface area contributed by atoms with Crippen LogP contribution in [0.1, 0.15) is 5.56 Å². The van der Waals surface area contributed by atoms with E-state index in [1.165, 1.54) is 0 Å². The molecule has 0 bridgehead atoms. The first-order chi connectivity index (χ1) is 7.88. The Bertz CT molecular complexity index is 420. The van der Waals surface area contributed by atoms with E-state index >= 15 is 0 Å². The molecule has 82 valence electrons. The van der Waals surface area contributed by atoms with Gasteiger partial charge in [-0.1, -0.05) is 30.3 Å². The van der Waals surface area contributed by atoms with E-state index in [1.807, 2.05) is 54.6 Å². The van der Waals surface area contributed by atoms with Crippen LogP contribution in [0.25, 0.3) is 0 Å². The fourth-order valence-corrected chi connectivity index (χ4v) is 1.45. The predicted molar refractivity (Wildman–Crippen MR) is 63.7 cm³/mol. The molecule has 0 atom stereocenters. The lowest BCUT2D eigenvalue weighted by Gasteiger charge is -2.06. The normalized spacial score (nSPS) is 10.1. The molecular formula is C14H14O2. The summed E-state index contributed by atoms with van der Waals surface area (Å²) in [5.74, 6) is 1.69. The Balaban J connectivity index is 2.05. The fraction of sp³-hybridized carbons (Fsp3) is 0.143. The van der Waals surface area contributed by atoms with Crippen molar-refractivity contribution in [1.82, 2.24) is 0 Å². The van der Waals surface area contributed by atoms with Crippen molar-refractivity contribution in [1.29, 1.82) is 0 Å². The molecule has 0 saturated heterocycles. The second kappa shape index (κ2) is 5.33. The van der Waals surface area contributed by atoms with Gasteiger partial charge in [0.2, 0.25) is 0 Å². The molecule has 0 amide bonds. The van der Waals surface area contributed by atoms with Crippen LogP contribution < -0.4 is 4.74 Å². The Morgan fingerprint density at radius 1 is 0.812 bits per heavy atom. The van der Waals surface area contributed by atoms with Crippen LogP contribution in [0, 0.1) is 0 Å². The van der Waals surface area contributed by atoms with Gasteiger partial charge >= 0.3 is 0 Å². The van der Waals surface area contributed by atoms with E-state index in [-0.39, 0.29) is 0 Å². The Kier molecular flexibility index (Phi) is 3.57. The van der Waals surface area contributed by atoms with Gasteiger partial charge in [0.15, 0.2) is 0 Å². The maximum atomic E-state index is 5.67. The molecule has 16 heavy (non-hydrogen) atoms. The molecule has 0 aliphatic rings. The Labute approximate surface area is 95.4 Å². The van der Waals surface area contributed by atoms with Crippen molar-refractivity contribution in [2.45, 2.75) is 6.61 Å². The molecule has 0 radical (unpaired) electrons. The van der Waals surface area contributed by atoms with Crippen LogP contribution in [-0.4, -0.2) is 7.11 Å². The summed E-state index contributed by atoms with van der Waals surface area (Å²) in [7, 11) is 1.69. The summed E-state index contributed by atoms with van der Waals surface area (Å²) in [5.41, 5.74) is 1.14. The third kappa shape index (κ3) is 2.84. The number of methoxy groups -OCH3 is 1. The quantitative estimate of drug-likeness (QED) is 0.773. The van der Waals surface area contributed by atoms with E-state index in [2.05, 4.69) is 0 Å². The minimum atomic E-state index is 0.631. The lowest BCUT2D eigenvalue weighted by atomic mass is 10.2. The highest BCUT2D eigenvalue weighted by atomic mass is 16.5. The molecule has 0 fully saturated rings. The molecule has 0 aliphatic heterocycles. The van der Waals surface area contributed by atoms with Crippen LogP contribution in [0.4, 0.5) is 0 Å². The number of para-hydroxylation sites is 1. The molecule has 0 aromatic heterocycles. The third-order valence-corrected chi connectivity index (χ3v) is 2.21. The standard InChI is InChI=1S/C14H14O2/c1-15-11-12-7-9-14(10-8-12)16-13-5-3-2-4-6-13/h2-10H,11H2,1H3. The maximum absolute atomic E-state index is 5.67. The number of ether oxygens (including phenoxy) is 2. The predicted octanol–water partition coefficient (Wildman–Crippen LogP) is 3.63. The SMILES string of the molecule is COCc1ccc(Oc2ccccc2)cc1. The number of rotatable bonds is 4. The Morgan fingerprint density at radius 3 is 2.06 bits per heavy atom. The minimum Gasteiger partial charge on any atom is -0.457 e. The van der Waals surface area contributed by atoms with Gasteiger partial charge in [-0.2, -0.15) is 0 Å². The molecule has 2 nitrogen and oxygen atoms in total. The molecule has 0 N–H and O–H groups in total. The fourth-order valence-electron chi connectivity index (χ4n) is 1.45. The lowest BCUT2D eigenvalue weighted by Crippen LogP contribution is -1.88. The van der Waals surface area contributed by atoms with E-state index in [1.54, 1.807) is 7.11 Å². The van der Waals surface area contributed by atoms with Crippen molar-refractivity contribution in [2.75, 3.05) is 7.11 Å². The maximum Gasteiger partial charge on any atom is 0.127 e. The first kappa shape index (κ1) is 10.7. The zero-order valence-electron chi connectivity index (χ0n) is 9.22. The largest absolute Gasteiger partial charge is 0.457 e. The molecule has 0 saturated carbocycles. The van der Waals surface area contributed by atoms with Gasteiger partial charge in [-0.15, -0.1) is 0 Å². The van der Waals surface area contributed by atoms with Crippen LogP contribution in [0.5, 0.6) is 11.5 Å². The Morgan fingerprint density at radius 2 is 1.44 bits per heavy atom. The average molecular weight is 214 g/mol. The van der Waals surface area contributed by atoms with Gasteiger partial charge in [-0.3, -0.25) is 0 Å². The van der Waals surface area contributed by atoms with Gasteiger partial charge in [-0.05, 0) is 29.8 Å². The van der Waals surface area contributed by atoms with E-state index < -0.39 is 0 Å². The van der Waals surface area contributed by atoms with Crippen LogP contribution in [0.3, 0.4) is 0 Å². The summed E-state index contributed by atoms with van der Waals surface area (Å²) >= 11 is 0. The van der Waals surface area contributed by atoms with Crippen molar-refractivity contribution in [2.24, 2.45) is 0 Å². The van der Waals surface area contributed by atoms with Gasteiger partial charge < -0.3 is 9.47 Å². The molecule has 0 heterocycles. The lowest BCUT2D eigenvalue weighted by molar-refractivity contribution is 0.185. The Hall–Kier alpha value is -1.80. The van der Waals surface area contributed by atoms with E-state index in [0.29, 0.717) is 6.61 Å². The highest BCUT2D eigenvalue weighted by Gasteiger charge is 1.96. The second-order valence-corrected chi connectivity index (χ2v) is 3.49. The third-order valence-electron chi connectivity index (χ3n) is 2.21. The summed E-state index contributed by atoms with van der Waals surface area (Å²) < 4.78 is 10.7. The average Bonchev–Trinajstić information content (AvgIpc) is 2.33. The number of benzene rings is 2. The van der Waals surface area contributed by atoms with Crippen molar-refractivity contribution in [3.8, 4) is 11.5 Å². The van der Waals surface area contributed by atoms with Crippen molar-refractivity contribution >= 4 is 0 Å². The molecule has 0 unspecified atom stereocenters. The van der Waals surface area contributed by atoms with Crippen molar-refractivity contribution in [3.05, 3.63) is 60.2 Å². The molecule has 2 aromatic carbocycles. The van der Waals surface area contributed by atoms with Crippen LogP contribution >= 0.6 is 0 Å². The highest BCUT2D eigenvalue weighted by Crippen LogP contribution is 2.21. The van der Waals surface area contributed by atoms with Crippen LogP contribution in [0.2, 0.25) is 0 Å². The first-order valence-electron chi connectivity index (χ1n) is 5.19. The van der Waals surface area contributed by atoms with E-state index in [4.69, 9.17) is 9.47 Å². The van der Waals surface area contributed by atoms with Crippen molar-refractivity contribution < 1.29 is 9.47 Å². The van der Waals surface area contributed by atoms with Crippen LogP contribution in [-0.2, 0) is 11.3 Å². The molecule has 2 aromatic rings. The van der Waals surface area contributed by atoms with Gasteiger partial charge in [0.1, 0.15) is 11.5 Å². The summed E-state index contributed by atoms with van der Waals surface area (Å²) in [5, 5.41) is 0. The highest BCUT2D eigenvalue weighted by molar-refractivity contribution is 5.32.